The number of amides is 1. The molecule has 0 fully saturated rings. The minimum Gasteiger partial charge on any atom is -0.748 e. The van der Waals surface area contributed by atoms with Crippen molar-refractivity contribution in [1.82, 2.24) is 4.72 Å². The van der Waals surface area contributed by atoms with Crippen LogP contribution in [0.3, 0.4) is 0 Å². The zero-order chi connectivity index (χ0) is 14.7. The third-order valence-corrected chi connectivity index (χ3v) is 4.40. The first-order valence-electron chi connectivity index (χ1n) is 5.27. The summed E-state index contributed by atoms with van der Waals surface area (Å²) in [5.74, 6) is -0.793. The first-order valence-corrected chi connectivity index (χ1v) is 8.33. The van der Waals surface area contributed by atoms with Crippen molar-refractivity contribution in [2.45, 2.75) is 18.2 Å². The number of hydrogen-bond acceptors (Lipinski definition) is 6. The molecule has 20 heavy (non-hydrogen) atoms. The Bertz CT molecular complexity index is 683. The molecular formula is C10H12NNaO6S2. The van der Waals surface area contributed by atoms with E-state index >= 15 is 0 Å². The Balaban J connectivity index is 0.000000396. The smallest absolute Gasteiger partial charge is 0.748 e. The number of hydrogen-bond donors (Lipinski definition) is 1. The molecule has 0 spiro atoms. The molecule has 0 bridgehead atoms. The fourth-order valence-corrected chi connectivity index (χ4v) is 3.04. The van der Waals surface area contributed by atoms with Crippen LogP contribution in [0.4, 0.5) is 0 Å². The molecule has 0 unspecified atom stereocenters. The molecule has 1 aromatic carbocycles. The molecular weight excluding hydrogens is 317 g/mol. The van der Waals surface area contributed by atoms with Gasteiger partial charge in [-0.05, 0) is 18.6 Å². The number of benzene rings is 1. The summed E-state index contributed by atoms with van der Waals surface area (Å²) in [6.07, 6.45) is 0.409. The summed E-state index contributed by atoms with van der Waals surface area (Å²) in [5.41, 5.74) is 0.220. The van der Waals surface area contributed by atoms with Crippen molar-refractivity contribution in [3.8, 4) is 0 Å². The molecule has 1 aliphatic heterocycles. The fourth-order valence-electron chi connectivity index (χ4n) is 1.37. The molecule has 1 heterocycles. The van der Waals surface area contributed by atoms with Crippen molar-refractivity contribution in [1.29, 1.82) is 0 Å². The summed E-state index contributed by atoms with van der Waals surface area (Å²) in [7, 11) is -7.48. The standard InChI is InChI=1S/C7H5NO3S.C3H8O3S.Na/c9-7-5-3-1-2-4-6(5)12(10,11)8-7;1-2-3-7(4,5)6;/h1-4H,(H,8,9);2-3H2,1H3,(H,4,5,6);/q;;+1/p-1. The molecule has 1 amide bonds. The number of carbonyl (C=O) groups is 1. The second kappa shape index (κ2) is 7.53. The summed E-state index contributed by atoms with van der Waals surface area (Å²) >= 11 is 0. The van der Waals surface area contributed by atoms with E-state index in [0.717, 1.165) is 0 Å². The maximum atomic E-state index is 11.1. The van der Waals surface area contributed by atoms with Crippen molar-refractivity contribution in [2.75, 3.05) is 5.75 Å². The predicted octanol–water partition coefficient (Wildman–Crippen LogP) is -2.94. The van der Waals surface area contributed by atoms with Gasteiger partial charge in [0.15, 0.2) is 0 Å². The number of carbonyl (C=O) groups excluding carboxylic acids is 1. The van der Waals surface area contributed by atoms with E-state index in [-0.39, 0.29) is 45.8 Å². The largest absolute Gasteiger partial charge is 1.00 e. The van der Waals surface area contributed by atoms with Crippen LogP contribution in [-0.4, -0.2) is 33.0 Å². The van der Waals surface area contributed by atoms with Crippen molar-refractivity contribution in [2.24, 2.45) is 0 Å². The van der Waals surface area contributed by atoms with Gasteiger partial charge in [-0.3, -0.25) is 4.79 Å². The quantitative estimate of drug-likeness (QED) is 0.458. The predicted molar refractivity (Wildman–Crippen MR) is 65.9 cm³/mol. The zero-order valence-electron chi connectivity index (χ0n) is 11.0. The molecule has 7 nitrogen and oxygen atoms in total. The second-order valence-corrected chi connectivity index (χ2v) is 6.87. The average molecular weight is 329 g/mol. The molecule has 0 saturated heterocycles. The van der Waals surface area contributed by atoms with Gasteiger partial charge < -0.3 is 4.55 Å². The molecule has 0 radical (unpaired) electrons. The fraction of sp³-hybridized carbons (Fsp3) is 0.300. The Hall–Kier alpha value is -0.450. The van der Waals surface area contributed by atoms with Gasteiger partial charge in [-0.15, -0.1) is 0 Å². The van der Waals surface area contributed by atoms with Gasteiger partial charge in [0.2, 0.25) is 0 Å². The Morgan fingerprint density at radius 2 is 1.80 bits per heavy atom. The summed E-state index contributed by atoms with van der Waals surface area (Å²) in [6, 6.07) is 6.09. The van der Waals surface area contributed by atoms with Crippen molar-refractivity contribution < 1.29 is 55.7 Å². The maximum absolute atomic E-state index is 11.1. The third kappa shape index (κ3) is 5.51. The number of sulfonamides is 1. The van der Waals surface area contributed by atoms with Crippen LogP contribution >= 0.6 is 0 Å². The van der Waals surface area contributed by atoms with Gasteiger partial charge in [-0.25, -0.2) is 21.6 Å². The molecule has 0 aliphatic carbocycles. The summed E-state index contributed by atoms with van der Waals surface area (Å²) in [6.45, 7) is 1.65. The van der Waals surface area contributed by atoms with Crippen LogP contribution in [0, 0.1) is 0 Å². The first kappa shape index (κ1) is 19.6. The number of rotatable bonds is 2. The van der Waals surface area contributed by atoms with E-state index in [1.165, 1.54) is 12.1 Å². The van der Waals surface area contributed by atoms with Crippen LogP contribution in [0.25, 0.3) is 0 Å². The summed E-state index contributed by atoms with van der Waals surface area (Å²) in [4.78, 5) is 11.1. The van der Waals surface area contributed by atoms with E-state index in [2.05, 4.69) is 0 Å². The summed E-state index contributed by atoms with van der Waals surface area (Å²) in [5, 5.41) is 0. The van der Waals surface area contributed by atoms with Gasteiger partial charge in [0.05, 0.1) is 15.7 Å². The monoisotopic (exact) mass is 329 g/mol. The van der Waals surface area contributed by atoms with Crippen LogP contribution in [0.5, 0.6) is 0 Å². The van der Waals surface area contributed by atoms with Crippen molar-refractivity contribution >= 4 is 26.0 Å². The minimum atomic E-state index is -3.92. The molecule has 1 aromatic rings. The van der Waals surface area contributed by atoms with E-state index in [9.17, 15) is 26.2 Å². The zero-order valence-corrected chi connectivity index (χ0v) is 14.6. The van der Waals surface area contributed by atoms with Crippen LogP contribution in [-0.2, 0) is 20.1 Å². The van der Waals surface area contributed by atoms with E-state index < -0.39 is 26.0 Å². The molecule has 0 aromatic heterocycles. The third-order valence-electron chi connectivity index (χ3n) is 2.10. The normalized spacial score (nSPS) is 15.2. The Kier molecular flexibility index (Phi) is 7.36. The molecule has 1 N–H and O–H groups in total. The Morgan fingerprint density at radius 3 is 2.20 bits per heavy atom. The van der Waals surface area contributed by atoms with E-state index in [4.69, 9.17) is 0 Å². The number of fused-ring (bicyclic) bond motifs is 1. The van der Waals surface area contributed by atoms with Crippen LogP contribution in [0.1, 0.15) is 23.7 Å². The van der Waals surface area contributed by atoms with E-state index in [1.807, 2.05) is 4.72 Å². The average Bonchev–Trinajstić information content (AvgIpc) is 2.50. The Labute approximate surface area is 139 Å². The van der Waals surface area contributed by atoms with Gasteiger partial charge >= 0.3 is 29.6 Å². The molecule has 1 aliphatic rings. The van der Waals surface area contributed by atoms with Gasteiger partial charge in [-0.1, -0.05) is 19.1 Å². The van der Waals surface area contributed by atoms with Crippen LogP contribution < -0.4 is 34.3 Å². The van der Waals surface area contributed by atoms with Crippen LogP contribution in [0.2, 0.25) is 0 Å². The molecule has 10 heteroatoms. The van der Waals surface area contributed by atoms with Crippen LogP contribution in [0.15, 0.2) is 29.2 Å². The Morgan fingerprint density at radius 1 is 1.25 bits per heavy atom. The topological polar surface area (TPSA) is 120 Å². The van der Waals surface area contributed by atoms with Gasteiger partial charge in [-0.2, -0.15) is 0 Å². The molecule has 0 saturated carbocycles. The van der Waals surface area contributed by atoms with E-state index in [0.29, 0.717) is 6.42 Å². The van der Waals surface area contributed by atoms with Gasteiger partial charge in [0.25, 0.3) is 15.9 Å². The van der Waals surface area contributed by atoms with Gasteiger partial charge in [0, 0.05) is 5.75 Å². The van der Waals surface area contributed by atoms with Gasteiger partial charge in [0.1, 0.15) is 4.90 Å². The summed E-state index contributed by atoms with van der Waals surface area (Å²) < 4.78 is 53.2. The first-order chi connectivity index (χ1) is 8.67. The second-order valence-electron chi connectivity index (χ2n) is 3.69. The van der Waals surface area contributed by atoms with Crippen molar-refractivity contribution in [3.63, 3.8) is 0 Å². The molecule has 2 rings (SSSR count). The van der Waals surface area contributed by atoms with Crippen molar-refractivity contribution in [3.05, 3.63) is 29.8 Å². The maximum Gasteiger partial charge on any atom is 1.00 e. The minimum absolute atomic E-state index is 0. The number of nitrogens with one attached hydrogen (secondary N) is 1. The van der Waals surface area contributed by atoms with E-state index in [1.54, 1.807) is 19.1 Å². The molecule has 0 atom stereocenters. The SMILES string of the molecule is CCCS(=O)(=O)[O-].O=C1NS(=O)(=O)c2ccccc21.[Na+]. The molecule has 106 valence electrons.